The molecular formula is C22H24N4O2. The first-order valence-electron chi connectivity index (χ1n) is 9.20. The van der Waals surface area contributed by atoms with Gasteiger partial charge in [-0.05, 0) is 30.5 Å². The molecule has 2 N–H and O–H groups in total. The monoisotopic (exact) mass is 376 g/mol. The van der Waals surface area contributed by atoms with Crippen LogP contribution in [0.3, 0.4) is 0 Å². The van der Waals surface area contributed by atoms with Crippen molar-refractivity contribution in [1.29, 1.82) is 0 Å². The molecule has 0 saturated carbocycles. The van der Waals surface area contributed by atoms with E-state index >= 15 is 0 Å². The zero-order chi connectivity index (χ0) is 19.9. The molecule has 0 aliphatic carbocycles. The van der Waals surface area contributed by atoms with Gasteiger partial charge in [0.25, 0.3) is 5.91 Å². The number of nitrogens with one attached hydrogen (secondary N) is 2. The fourth-order valence-corrected chi connectivity index (χ4v) is 2.95. The Hall–Kier alpha value is -3.41. The number of hydrogen-bond donors (Lipinski definition) is 2. The maximum absolute atomic E-state index is 12.6. The van der Waals surface area contributed by atoms with E-state index in [0.717, 1.165) is 34.5 Å². The van der Waals surface area contributed by atoms with Gasteiger partial charge in [0.15, 0.2) is 0 Å². The number of anilines is 2. The molecule has 6 heteroatoms. The van der Waals surface area contributed by atoms with E-state index in [4.69, 9.17) is 4.74 Å². The Labute approximate surface area is 165 Å². The number of benzene rings is 2. The van der Waals surface area contributed by atoms with Crippen LogP contribution in [0.5, 0.6) is 5.75 Å². The molecule has 6 nitrogen and oxygen atoms in total. The SMILES string of the molecule is CCc1cccc(C)c1NC(=O)c1cnc(NCc2ccccc2OC)cn1. The lowest BCUT2D eigenvalue weighted by atomic mass is 10.1. The third kappa shape index (κ3) is 4.46. The first-order valence-corrected chi connectivity index (χ1v) is 9.20. The second-order valence-corrected chi connectivity index (χ2v) is 6.37. The number of aryl methyl sites for hydroxylation is 2. The lowest BCUT2D eigenvalue weighted by Crippen LogP contribution is -2.16. The van der Waals surface area contributed by atoms with Gasteiger partial charge in [-0.15, -0.1) is 0 Å². The van der Waals surface area contributed by atoms with Crippen molar-refractivity contribution in [3.05, 3.63) is 77.2 Å². The minimum absolute atomic E-state index is 0.271. The Morgan fingerprint density at radius 3 is 2.54 bits per heavy atom. The normalized spacial score (nSPS) is 10.4. The number of nitrogens with zero attached hydrogens (tertiary/aromatic N) is 2. The van der Waals surface area contributed by atoms with E-state index in [1.165, 1.54) is 6.20 Å². The summed E-state index contributed by atoms with van der Waals surface area (Å²) in [6.45, 7) is 4.59. The van der Waals surface area contributed by atoms with Gasteiger partial charge in [-0.25, -0.2) is 9.97 Å². The van der Waals surface area contributed by atoms with E-state index in [-0.39, 0.29) is 11.6 Å². The van der Waals surface area contributed by atoms with E-state index in [1.807, 2.05) is 49.4 Å². The number of rotatable bonds is 7. The standard InChI is InChI=1S/C22H24N4O2/c1-4-16-10-7-8-15(2)21(16)26-22(27)18-13-25-20(14-23-18)24-12-17-9-5-6-11-19(17)28-3/h5-11,13-14H,4,12H2,1-3H3,(H,24,25)(H,26,27). The molecule has 1 amide bonds. The maximum Gasteiger partial charge on any atom is 0.275 e. The van der Waals surface area contributed by atoms with Gasteiger partial charge >= 0.3 is 0 Å². The second kappa shape index (κ2) is 8.99. The Morgan fingerprint density at radius 1 is 1.04 bits per heavy atom. The molecule has 2 aromatic carbocycles. The average Bonchev–Trinajstić information content (AvgIpc) is 2.74. The van der Waals surface area contributed by atoms with Crippen LogP contribution in [0, 0.1) is 6.92 Å². The van der Waals surface area contributed by atoms with Gasteiger partial charge in [0.05, 0.1) is 19.5 Å². The van der Waals surface area contributed by atoms with Crippen molar-refractivity contribution >= 4 is 17.4 Å². The Morgan fingerprint density at radius 2 is 1.82 bits per heavy atom. The molecule has 0 radical (unpaired) electrons. The summed E-state index contributed by atoms with van der Waals surface area (Å²) < 4.78 is 5.34. The molecule has 0 unspecified atom stereocenters. The van der Waals surface area contributed by atoms with Crippen molar-refractivity contribution in [2.75, 3.05) is 17.7 Å². The summed E-state index contributed by atoms with van der Waals surface area (Å²) >= 11 is 0. The van der Waals surface area contributed by atoms with Crippen LogP contribution < -0.4 is 15.4 Å². The molecule has 0 fully saturated rings. The fraction of sp³-hybridized carbons (Fsp3) is 0.227. The third-order valence-corrected chi connectivity index (χ3v) is 4.52. The summed E-state index contributed by atoms with van der Waals surface area (Å²) in [4.78, 5) is 21.1. The minimum Gasteiger partial charge on any atom is -0.496 e. The quantitative estimate of drug-likeness (QED) is 0.646. The van der Waals surface area contributed by atoms with Crippen LogP contribution >= 0.6 is 0 Å². The summed E-state index contributed by atoms with van der Waals surface area (Å²) in [5.41, 5.74) is 4.25. The van der Waals surface area contributed by atoms with Crippen molar-refractivity contribution in [2.45, 2.75) is 26.8 Å². The van der Waals surface area contributed by atoms with Crippen LogP contribution in [-0.2, 0) is 13.0 Å². The van der Waals surface area contributed by atoms with Crippen LogP contribution in [0.15, 0.2) is 54.9 Å². The summed E-state index contributed by atoms with van der Waals surface area (Å²) in [5.74, 6) is 1.13. The second-order valence-electron chi connectivity index (χ2n) is 6.37. The van der Waals surface area contributed by atoms with E-state index < -0.39 is 0 Å². The van der Waals surface area contributed by atoms with Crippen LogP contribution in [0.25, 0.3) is 0 Å². The number of ether oxygens (including phenoxy) is 1. The predicted molar refractivity (Wildman–Crippen MR) is 111 cm³/mol. The van der Waals surface area contributed by atoms with Gasteiger partial charge in [0.1, 0.15) is 17.3 Å². The largest absolute Gasteiger partial charge is 0.496 e. The number of methoxy groups -OCH3 is 1. The van der Waals surface area contributed by atoms with Crippen LogP contribution in [-0.4, -0.2) is 23.0 Å². The summed E-state index contributed by atoms with van der Waals surface area (Å²) in [7, 11) is 1.64. The van der Waals surface area contributed by atoms with Crippen LogP contribution in [0.1, 0.15) is 34.1 Å². The molecule has 1 heterocycles. The van der Waals surface area contributed by atoms with Crippen LogP contribution in [0.4, 0.5) is 11.5 Å². The molecule has 1 aromatic heterocycles. The van der Waals surface area contributed by atoms with Crippen molar-refractivity contribution in [1.82, 2.24) is 9.97 Å². The zero-order valence-corrected chi connectivity index (χ0v) is 16.3. The maximum atomic E-state index is 12.6. The van der Waals surface area contributed by atoms with E-state index in [0.29, 0.717) is 12.4 Å². The van der Waals surface area contributed by atoms with Gasteiger partial charge in [-0.3, -0.25) is 4.79 Å². The first kappa shape index (κ1) is 19.4. The Balaban J connectivity index is 1.66. The molecule has 0 atom stereocenters. The molecular weight excluding hydrogens is 352 g/mol. The van der Waals surface area contributed by atoms with Gasteiger partial charge in [-0.1, -0.05) is 43.3 Å². The first-order chi connectivity index (χ1) is 13.6. The highest BCUT2D eigenvalue weighted by molar-refractivity contribution is 6.03. The molecule has 0 aliphatic heterocycles. The average molecular weight is 376 g/mol. The van der Waals surface area contributed by atoms with Gasteiger partial charge in [0, 0.05) is 17.8 Å². The molecule has 3 rings (SSSR count). The molecule has 3 aromatic rings. The van der Waals surface area contributed by atoms with Crippen molar-refractivity contribution in [3.63, 3.8) is 0 Å². The minimum atomic E-state index is -0.271. The Bertz CT molecular complexity index is 955. The highest BCUT2D eigenvalue weighted by atomic mass is 16.5. The van der Waals surface area contributed by atoms with Crippen molar-refractivity contribution in [2.24, 2.45) is 0 Å². The number of aromatic nitrogens is 2. The number of amides is 1. The highest BCUT2D eigenvalue weighted by Gasteiger charge is 2.12. The molecule has 28 heavy (non-hydrogen) atoms. The summed E-state index contributed by atoms with van der Waals surface area (Å²) in [5, 5.41) is 6.15. The zero-order valence-electron chi connectivity index (χ0n) is 16.3. The van der Waals surface area contributed by atoms with Crippen molar-refractivity contribution in [3.8, 4) is 5.75 Å². The lowest BCUT2D eigenvalue weighted by Gasteiger charge is -2.13. The van der Waals surface area contributed by atoms with Gasteiger partial charge in [0.2, 0.25) is 0 Å². The van der Waals surface area contributed by atoms with Gasteiger partial charge < -0.3 is 15.4 Å². The predicted octanol–water partition coefficient (Wildman–Crippen LogP) is 4.22. The number of carbonyl (C=O) groups excluding carboxylic acids is 1. The number of para-hydroxylation sites is 2. The third-order valence-electron chi connectivity index (χ3n) is 4.52. The fourth-order valence-electron chi connectivity index (χ4n) is 2.95. The van der Waals surface area contributed by atoms with Gasteiger partial charge in [-0.2, -0.15) is 0 Å². The topological polar surface area (TPSA) is 76.1 Å². The summed E-state index contributed by atoms with van der Waals surface area (Å²) in [6.07, 6.45) is 3.88. The molecule has 0 aliphatic rings. The van der Waals surface area contributed by atoms with E-state index in [9.17, 15) is 4.79 Å². The van der Waals surface area contributed by atoms with E-state index in [2.05, 4.69) is 27.5 Å². The highest BCUT2D eigenvalue weighted by Crippen LogP contribution is 2.22. The smallest absolute Gasteiger partial charge is 0.275 e. The summed E-state index contributed by atoms with van der Waals surface area (Å²) in [6, 6.07) is 13.7. The molecule has 0 saturated heterocycles. The molecule has 144 valence electrons. The molecule has 0 bridgehead atoms. The number of hydrogen-bond acceptors (Lipinski definition) is 5. The Kier molecular flexibility index (Phi) is 6.22. The van der Waals surface area contributed by atoms with Crippen molar-refractivity contribution < 1.29 is 9.53 Å². The lowest BCUT2D eigenvalue weighted by molar-refractivity contribution is 0.102. The van der Waals surface area contributed by atoms with E-state index in [1.54, 1.807) is 13.3 Å². The van der Waals surface area contributed by atoms with Crippen LogP contribution in [0.2, 0.25) is 0 Å². The molecule has 0 spiro atoms. The number of carbonyl (C=O) groups is 1.